The number of carbonyl (C=O) groups is 1. The van der Waals surface area contributed by atoms with Crippen molar-refractivity contribution in [1.29, 1.82) is 0 Å². The van der Waals surface area contributed by atoms with E-state index in [2.05, 4.69) is 9.82 Å². The second-order valence-corrected chi connectivity index (χ2v) is 10.8. The summed E-state index contributed by atoms with van der Waals surface area (Å²) in [5, 5.41) is 16.0. The molecule has 0 bridgehead atoms. The Morgan fingerprint density at radius 3 is 2.37 bits per heavy atom. The molecule has 13 heteroatoms. The first kappa shape index (κ1) is 27.1. The molecule has 1 fully saturated rings. The Bertz CT molecular complexity index is 1460. The molecule has 1 aliphatic heterocycles. The van der Waals surface area contributed by atoms with Gasteiger partial charge >= 0.3 is 0 Å². The van der Waals surface area contributed by atoms with E-state index in [0.29, 0.717) is 30.1 Å². The van der Waals surface area contributed by atoms with Crippen molar-refractivity contribution in [2.75, 3.05) is 20.2 Å². The van der Waals surface area contributed by atoms with Gasteiger partial charge in [-0.3, -0.25) is 14.9 Å². The number of non-ortho nitro benzene ring substituents is 1. The highest BCUT2D eigenvalue weighted by Crippen LogP contribution is 2.36. The van der Waals surface area contributed by atoms with Crippen molar-refractivity contribution in [3.8, 4) is 23.1 Å². The highest BCUT2D eigenvalue weighted by molar-refractivity contribution is 7.89. The van der Waals surface area contributed by atoms with Crippen LogP contribution >= 0.6 is 0 Å². The summed E-state index contributed by atoms with van der Waals surface area (Å²) in [6.45, 7) is 6.17. The summed E-state index contributed by atoms with van der Waals surface area (Å²) < 4.78 is 41.4. The maximum absolute atomic E-state index is 13.3. The lowest BCUT2D eigenvalue weighted by Crippen LogP contribution is -2.30. The van der Waals surface area contributed by atoms with Crippen LogP contribution in [-0.2, 0) is 10.0 Å². The Labute approximate surface area is 220 Å². The molecule has 1 amide bonds. The lowest BCUT2D eigenvalue weighted by Gasteiger charge is -2.15. The lowest BCUT2D eigenvalue weighted by molar-refractivity contribution is -0.385. The molecular weight excluding hydrogens is 514 g/mol. The van der Waals surface area contributed by atoms with Crippen LogP contribution in [0.15, 0.2) is 47.4 Å². The fourth-order valence-electron chi connectivity index (χ4n) is 4.15. The van der Waals surface area contributed by atoms with Crippen LogP contribution in [0.5, 0.6) is 17.4 Å². The third-order valence-electron chi connectivity index (χ3n) is 6.01. The summed E-state index contributed by atoms with van der Waals surface area (Å²) in [6, 6.07) is 9.72. The number of sulfonamides is 1. The number of carbonyl (C=O) groups excluding carboxylic acids is 1. The molecule has 38 heavy (non-hydrogen) atoms. The molecule has 3 aromatic rings. The molecule has 1 saturated heterocycles. The molecule has 1 aliphatic rings. The van der Waals surface area contributed by atoms with Crippen LogP contribution < -0.4 is 14.2 Å². The number of nitro benzene ring substituents is 1. The zero-order chi connectivity index (χ0) is 27.6. The number of amides is 1. The Hall–Kier alpha value is -3.97. The molecule has 2 aromatic carbocycles. The Morgan fingerprint density at radius 2 is 1.79 bits per heavy atom. The van der Waals surface area contributed by atoms with Crippen molar-refractivity contribution in [3.63, 3.8) is 0 Å². The maximum Gasteiger partial charge on any atom is 0.274 e. The molecule has 1 aromatic heterocycles. The van der Waals surface area contributed by atoms with Gasteiger partial charge in [-0.2, -0.15) is 9.78 Å². The van der Waals surface area contributed by atoms with Gasteiger partial charge in [0.15, 0.2) is 5.69 Å². The molecule has 4 rings (SSSR count). The van der Waals surface area contributed by atoms with E-state index in [1.54, 1.807) is 49.9 Å². The van der Waals surface area contributed by atoms with E-state index in [1.165, 1.54) is 17.9 Å². The van der Waals surface area contributed by atoms with Crippen molar-refractivity contribution in [1.82, 2.24) is 19.4 Å². The molecule has 0 radical (unpaired) electrons. The zero-order valence-corrected chi connectivity index (χ0v) is 22.3. The van der Waals surface area contributed by atoms with E-state index in [0.717, 1.165) is 25.0 Å². The average molecular weight is 544 g/mol. The highest BCUT2D eigenvalue weighted by atomic mass is 32.2. The second kappa shape index (κ2) is 10.8. The van der Waals surface area contributed by atoms with Crippen LogP contribution in [0.2, 0.25) is 0 Å². The van der Waals surface area contributed by atoms with E-state index in [4.69, 9.17) is 9.47 Å². The minimum Gasteiger partial charge on any atom is -0.497 e. The number of nitro groups is 1. The first-order chi connectivity index (χ1) is 18.0. The third kappa shape index (κ3) is 5.48. The minimum absolute atomic E-state index is 0.104. The SMILES string of the molecule is COc1ccc(-n2nc(C(=O)N3CCCC3)c(C)c2Oc2ccc([N+](=O)[O-])cc2S(=O)(=O)NC(C)C)cc1. The number of methoxy groups -OCH3 is 1. The van der Waals surface area contributed by atoms with Crippen LogP contribution in [-0.4, -0.2) is 60.2 Å². The van der Waals surface area contributed by atoms with Gasteiger partial charge in [0.05, 0.1) is 17.7 Å². The van der Waals surface area contributed by atoms with E-state index >= 15 is 0 Å². The maximum atomic E-state index is 13.3. The summed E-state index contributed by atoms with van der Waals surface area (Å²) >= 11 is 0. The minimum atomic E-state index is -4.19. The molecule has 2 heterocycles. The molecule has 0 unspecified atom stereocenters. The van der Waals surface area contributed by atoms with Crippen molar-refractivity contribution >= 4 is 21.6 Å². The number of ether oxygens (including phenoxy) is 2. The fraction of sp³-hybridized carbons (Fsp3) is 0.360. The highest BCUT2D eigenvalue weighted by Gasteiger charge is 2.30. The second-order valence-electron chi connectivity index (χ2n) is 9.15. The van der Waals surface area contributed by atoms with Gasteiger partial charge < -0.3 is 14.4 Å². The Balaban J connectivity index is 1.86. The predicted molar refractivity (Wildman–Crippen MR) is 139 cm³/mol. The van der Waals surface area contributed by atoms with Crippen LogP contribution in [0.1, 0.15) is 42.7 Å². The number of nitrogens with one attached hydrogen (secondary N) is 1. The topological polar surface area (TPSA) is 146 Å². The zero-order valence-electron chi connectivity index (χ0n) is 21.5. The van der Waals surface area contributed by atoms with Gasteiger partial charge in [-0.25, -0.2) is 13.1 Å². The van der Waals surface area contributed by atoms with Crippen molar-refractivity contribution in [2.45, 2.75) is 44.6 Å². The standard InChI is InChI=1S/C25H29N5O7S/c1-16(2)27-38(34,35)22-15-19(30(32)33)9-12-21(22)37-25-17(3)23(24(31)28-13-5-6-14-28)26-29(25)18-7-10-20(36-4)11-8-18/h7-12,15-16,27H,5-6,13-14H2,1-4H3. The number of nitrogens with zero attached hydrogens (tertiary/aromatic N) is 4. The van der Waals surface area contributed by atoms with Crippen LogP contribution in [0.4, 0.5) is 5.69 Å². The summed E-state index contributed by atoms with van der Waals surface area (Å²) in [4.78, 5) is 25.3. The van der Waals surface area contributed by atoms with Gasteiger partial charge in [0, 0.05) is 36.8 Å². The summed E-state index contributed by atoms with van der Waals surface area (Å²) in [5.41, 5.74) is 0.698. The van der Waals surface area contributed by atoms with Crippen LogP contribution in [0, 0.1) is 17.0 Å². The first-order valence-electron chi connectivity index (χ1n) is 12.0. The molecule has 202 valence electrons. The lowest BCUT2D eigenvalue weighted by atomic mass is 10.2. The van der Waals surface area contributed by atoms with E-state index in [-0.39, 0.29) is 23.2 Å². The molecule has 0 aliphatic carbocycles. The van der Waals surface area contributed by atoms with Gasteiger partial charge in [-0.05, 0) is 63.9 Å². The smallest absolute Gasteiger partial charge is 0.274 e. The van der Waals surface area contributed by atoms with Crippen LogP contribution in [0.25, 0.3) is 5.69 Å². The number of rotatable bonds is 9. The van der Waals surface area contributed by atoms with E-state index in [9.17, 15) is 23.3 Å². The Kier molecular flexibility index (Phi) is 7.69. The van der Waals surface area contributed by atoms with Gasteiger partial charge in [0.2, 0.25) is 15.9 Å². The number of benzene rings is 2. The largest absolute Gasteiger partial charge is 0.497 e. The third-order valence-corrected chi connectivity index (χ3v) is 7.69. The monoisotopic (exact) mass is 543 g/mol. The first-order valence-corrected chi connectivity index (χ1v) is 13.5. The normalized spacial score (nSPS) is 13.7. The Morgan fingerprint density at radius 1 is 1.13 bits per heavy atom. The summed E-state index contributed by atoms with van der Waals surface area (Å²) in [6.07, 6.45) is 1.81. The number of hydrogen-bond donors (Lipinski definition) is 1. The quantitative estimate of drug-likeness (QED) is 0.317. The van der Waals surface area contributed by atoms with Crippen molar-refractivity contribution in [2.24, 2.45) is 0 Å². The molecule has 12 nitrogen and oxygen atoms in total. The van der Waals surface area contributed by atoms with Crippen molar-refractivity contribution < 1.29 is 27.6 Å². The molecule has 1 N–H and O–H groups in total. The van der Waals surface area contributed by atoms with Crippen LogP contribution in [0.3, 0.4) is 0 Å². The van der Waals surface area contributed by atoms with Crippen molar-refractivity contribution in [3.05, 3.63) is 63.8 Å². The summed E-state index contributed by atoms with van der Waals surface area (Å²) in [5.74, 6) is 0.307. The number of aromatic nitrogens is 2. The van der Waals surface area contributed by atoms with Gasteiger partial charge in [-0.1, -0.05) is 0 Å². The van der Waals surface area contributed by atoms with E-state index < -0.39 is 31.6 Å². The molecule has 0 atom stereocenters. The van der Waals surface area contributed by atoms with Gasteiger partial charge in [0.1, 0.15) is 16.4 Å². The molecule has 0 spiro atoms. The predicted octanol–water partition coefficient (Wildman–Crippen LogP) is 3.81. The molecular formula is C25H29N5O7S. The number of likely N-dealkylation sites (tertiary alicyclic amines) is 1. The molecule has 0 saturated carbocycles. The van der Waals surface area contributed by atoms with E-state index in [1.807, 2.05) is 0 Å². The number of hydrogen-bond acceptors (Lipinski definition) is 8. The summed E-state index contributed by atoms with van der Waals surface area (Å²) in [7, 11) is -2.65. The fourth-order valence-corrected chi connectivity index (χ4v) is 5.55. The van der Waals surface area contributed by atoms with Gasteiger partial charge in [-0.15, -0.1) is 0 Å². The average Bonchev–Trinajstić information content (AvgIpc) is 3.52. The van der Waals surface area contributed by atoms with Gasteiger partial charge in [0.25, 0.3) is 11.6 Å².